The lowest BCUT2D eigenvalue weighted by molar-refractivity contribution is 0.0996. The zero-order valence-electron chi connectivity index (χ0n) is 12.0. The van der Waals surface area contributed by atoms with Crippen LogP contribution in [0.4, 0.5) is 0 Å². The van der Waals surface area contributed by atoms with E-state index in [1.807, 2.05) is 0 Å². The van der Waals surface area contributed by atoms with Crippen molar-refractivity contribution in [2.24, 2.45) is 11.7 Å². The maximum absolute atomic E-state index is 6.53. The highest BCUT2D eigenvalue weighted by Crippen LogP contribution is 2.44. The second kappa shape index (κ2) is 4.53. The number of ether oxygens (including phenoxy) is 1. The Labute approximate surface area is 119 Å². The van der Waals surface area contributed by atoms with Gasteiger partial charge in [0.1, 0.15) is 0 Å². The number of hydrogen-bond donors (Lipinski definition) is 1. The van der Waals surface area contributed by atoms with E-state index in [0.717, 1.165) is 37.9 Å². The number of aromatic nitrogens is 2. The van der Waals surface area contributed by atoms with Crippen molar-refractivity contribution in [3.8, 4) is 0 Å². The van der Waals surface area contributed by atoms with Crippen LogP contribution in [0.3, 0.4) is 0 Å². The standard InChI is InChI=1S/C15H23N3O2/c1-9-3-2-6-15(16,8-9)14-17-13(18-20-14)11-7-10-4-5-12(11)19-10/h9-12H,2-8,16H2,1H3. The van der Waals surface area contributed by atoms with Crippen molar-refractivity contribution in [1.29, 1.82) is 0 Å². The summed E-state index contributed by atoms with van der Waals surface area (Å²) in [6.07, 6.45) is 8.35. The summed E-state index contributed by atoms with van der Waals surface area (Å²) < 4.78 is 11.4. The molecule has 3 fully saturated rings. The monoisotopic (exact) mass is 277 g/mol. The molecule has 2 saturated heterocycles. The molecule has 4 rings (SSSR count). The predicted molar refractivity (Wildman–Crippen MR) is 73.0 cm³/mol. The lowest BCUT2D eigenvalue weighted by Gasteiger charge is -2.33. The SMILES string of the molecule is CC1CCCC(N)(c2nc(C3CC4CCC3O4)no2)C1. The molecule has 0 aromatic carbocycles. The average Bonchev–Trinajstić information content (AvgIpc) is 3.14. The Kier molecular flexibility index (Phi) is 2.89. The van der Waals surface area contributed by atoms with Crippen molar-refractivity contribution >= 4 is 0 Å². The highest BCUT2D eigenvalue weighted by atomic mass is 16.5. The highest BCUT2D eigenvalue weighted by molar-refractivity contribution is 5.11. The highest BCUT2D eigenvalue weighted by Gasteiger charge is 2.45. The average molecular weight is 277 g/mol. The fourth-order valence-corrected chi connectivity index (χ4v) is 4.28. The molecule has 110 valence electrons. The Hall–Kier alpha value is -0.940. The number of fused-ring (bicyclic) bond motifs is 2. The normalized spacial score (nSPS) is 44.1. The first-order valence-corrected chi connectivity index (χ1v) is 7.92. The minimum Gasteiger partial charge on any atom is -0.374 e. The van der Waals surface area contributed by atoms with E-state index >= 15 is 0 Å². The van der Waals surface area contributed by atoms with Gasteiger partial charge in [-0.3, -0.25) is 0 Å². The van der Waals surface area contributed by atoms with Crippen LogP contribution in [0.25, 0.3) is 0 Å². The summed E-state index contributed by atoms with van der Waals surface area (Å²) in [4.78, 5) is 4.66. The van der Waals surface area contributed by atoms with Crippen molar-refractivity contribution in [2.45, 2.75) is 75.5 Å². The molecule has 3 heterocycles. The van der Waals surface area contributed by atoms with E-state index in [-0.39, 0.29) is 0 Å². The molecular weight excluding hydrogens is 254 g/mol. The molecule has 0 spiro atoms. The van der Waals surface area contributed by atoms with Gasteiger partial charge in [-0.15, -0.1) is 0 Å². The molecule has 0 radical (unpaired) electrons. The molecule has 5 unspecified atom stereocenters. The zero-order valence-corrected chi connectivity index (χ0v) is 12.0. The van der Waals surface area contributed by atoms with Crippen LogP contribution < -0.4 is 5.73 Å². The Morgan fingerprint density at radius 2 is 2.20 bits per heavy atom. The maximum Gasteiger partial charge on any atom is 0.246 e. The molecule has 5 atom stereocenters. The molecule has 2 N–H and O–H groups in total. The van der Waals surface area contributed by atoms with Gasteiger partial charge in [-0.05, 0) is 38.0 Å². The number of nitrogens with two attached hydrogens (primary N) is 1. The van der Waals surface area contributed by atoms with Gasteiger partial charge in [-0.1, -0.05) is 24.9 Å². The summed E-state index contributed by atoms with van der Waals surface area (Å²) in [6, 6.07) is 0. The minimum atomic E-state index is -0.415. The first-order chi connectivity index (χ1) is 9.64. The number of rotatable bonds is 2. The molecule has 1 aliphatic carbocycles. The molecule has 2 aliphatic heterocycles. The Morgan fingerprint density at radius 1 is 1.30 bits per heavy atom. The molecule has 2 bridgehead atoms. The van der Waals surface area contributed by atoms with Crippen LogP contribution in [0.5, 0.6) is 0 Å². The summed E-state index contributed by atoms with van der Waals surface area (Å²) in [5.41, 5.74) is 6.12. The third kappa shape index (κ3) is 1.99. The second-order valence-electron chi connectivity index (χ2n) is 7.03. The largest absolute Gasteiger partial charge is 0.374 e. The van der Waals surface area contributed by atoms with E-state index in [1.165, 1.54) is 12.8 Å². The first-order valence-electron chi connectivity index (χ1n) is 7.92. The van der Waals surface area contributed by atoms with Crippen LogP contribution in [0.2, 0.25) is 0 Å². The van der Waals surface area contributed by atoms with Crippen LogP contribution in [-0.2, 0) is 10.3 Å². The van der Waals surface area contributed by atoms with Crippen LogP contribution in [0.15, 0.2) is 4.52 Å². The molecule has 0 amide bonds. The van der Waals surface area contributed by atoms with E-state index in [4.69, 9.17) is 15.0 Å². The lowest BCUT2D eigenvalue weighted by atomic mass is 9.77. The Balaban J connectivity index is 1.56. The fraction of sp³-hybridized carbons (Fsp3) is 0.867. The van der Waals surface area contributed by atoms with Gasteiger partial charge in [-0.2, -0.15) is 4.98 Å². The smallest absolute Gasteiger partial charge is 0.246 e. The van der Waals surface area contributed by atoms with Crippen LogP contribution >= 0.6 is 0 Å². The second-order valence-corrected chi connectivity index (χ2v) is 7.03. The van der Waals surface area contributed by atoms with E-state index in [2.05, 4.69) is 17.1 Å². The summed E-state index contributed by atoms with van der Waals surface area (Å²) in [6.45, 7) is 2.25. The molecule has 5 nitrogen and oxygen atoms in total. The van der Waals surface area contributed by atoms with Gasteiger partial charge in [0.25, 0.3) is 0 Å². The summed E-state index contributed by atoms with van der Waals surface area (Å²) in [5, 5.41) is 4.22. The van der Waals surface area contributed by atoms with Crippen molar-refractivity contribution in [2.75, 3.05) is 0 Å². The van der Waals surface area contributed by atoms with E-state index < -0.39 is 5.54 Å². The first kappa shape index (κ1) is 12.8. The predicted octanol–water partition coefficient (Wildman–Crippen LogP) is 2.47. The van der Waals surface area contributed by atoms with Crippen LogP contribution in [0.1, 0.15) is 69.5 Å². The summed E-state index contributed by atoms with van der Waals surface area (Å²) in [5.74, 6) is 2.41. The third-order valence-electron chi connectivity index (χ3n) is 5.34. The number of nitrogens with zero attached hydrogens (tertiary/aromatic N) is 2. The quantitative estimate of drug-likeness (QED) is 0.898. The van der Waals surface area contributed by atoms with Crippen LogP contribution in [-0.4, -0.2) is 22.3 Å². The summed E-state index contributed by atoms with van der Waals surface area (Å²) in [7, 11) is 0. The van der Waals surface area contributed by atoms with Gasteiger partial charge in [0.15, 0.2) is 5.82 Å². The molecule has 1 aromatic rings. The maximum atomic E-state index is 6.53. The van der Waals surface area contributed by atoms with Crippen molar-refractivity contribution in [1.82, 2.24) is 10.1 Å². The molecular formula is C15H23N3O2. The van der Waals surface area contributed by atoms with E-state index in [1.54, 1.807) is 0 Å². The molecule has 20 heavy (non-hydrogen) atoms. The molecule has 1 saturated carbocycles. The van der Waals surface area contributed by atoms with Crippen molar-refractivity contribution < 1.29 is 9.26 Å². The molecule has 1 aromatic heterocycles. The van der Waals surface area contributed by atoms with E-state index in [9.17, 15) is 0 Å². The van der Waals surface area contributed by atoms with Gasteiger partial charge in [0.05, 0.1) is 23.7 Å². The van der Waals surface area contributed by atoms with Crippen LogP contribution in [0, 0.1) is 5.92 Å². The van der Waals surface area contributed by atoms with Gasteiger partial charge in [0, 0.05) is 0 Å². The lowest BCUT2D eigenvalue weighted by Crippen LogP contribution is -2.41. The Morgan fingerprint density at radius 3 is 2.90 bits per heavy atom. The topological polar surface area (TPSA) is 74.2 Å². The minimum absolute atomic E-state index is 0.296. The van der Waals surface area contributed by atoms with Crippen molar-refractivity contribution in [3.05, 3.63) is 11.7 Å². The summed E-state index contributed by atoms with van der Waals surface area (Å²) >= 11 is 0. The fourth-order valence-electron chi connectivity index (χ4n) is 4.28. The van der Waals surface area contributed by atoms with E-state index in [0.29, 0.717) is 29.9 Å². The van der Waals surface area contributed by atoms with Gasteiger partial charge >= 0.3 is 0 Å². The molecule has 5 heteroatoms. The van der Waals surface area contributed by atoms with Gasteiger partial charge in [-0.25, -0.2) is 0 Å². The van der Waals surface area contributed by atoms with Gasteiger partial charge < -0.3 is 15.0 Å². The van der Waals surface area contributed by atoms with Crippen molar-refractivity contribution in [3.63, 3.8) is 0 Å². The molecule has 3 aliphatic rings. The third-order valence-corrected chi connectivity index (χ3v) is 5.34. The number of hydrogen-bond acceptors (Lipinski definition) is 5. The zero-order chi connectivity index (χ0) is 13.7. The Bertz CT molecular complexity index is 503. The van der Waals surface area contributed by atoms with Gasteiger partial charge in [0.2, 0.25) is 5.89 Å².